The van der Waals surface area contributed by atoms with E-state index in [-0.39, 0.29) is 11.7 Å². The van der Waals surface area contributed by atoms with Crippen LogP contribution in [0.3, 0.4) is 0 Å². The normalized spacial score (nSPS) is 14.3. The fraction of sp³-hybridized carbons (Fsp3) is 0.300. The summed E-state index contributed by atoms with van der Waals surface area (Å²) in [5, 5.41) is 8.01. The number of hydrogen-bond acceptors (Lipinski definition) is 6. The second-order valence-electron chi connectivity index (χ2n) is 6.56. The van der Waals surface area contributed by atoms with Gasteiger partial charge in [-0.05, 0) is 24.3 Å². The number of carbonyl (C=O) groups excluding carboxylic acids is 1. The summed E-state index contributed by atoms with van der Waals surface area (Å²) in [5.41, 5.74) is 1.33. The van der Waals surface area contributed by atoms with Crippen molar-refractivity contribution >= 4 is 11.6 Å². The molecule has 1 fully saturated rings. The smallest absolute Gasteiger partial charge is 0.249 e. The minimum atomic E-state index is -0.233. The van der Waals surface area contributed by atoms with Gasteiger partial charge in [-0.3, -0.25) is 9.78 Å². The van der Waals surface area contributed by atoms with Crippen molar-refractivity contribution in [3.63, 3.8) is 0 Å². The molecule has 0 spiro atoms. The standard InChI is InChI=1S/C20H20FN5O2/c21-16-5-1-2-6-17(16)25-10-12-26(13-11-25)19(27)8-7-18-23-24-20(28-18)15-4-3-9-22-14-15/h1-6,9,14H,7-8,10-13H2. The van der Waals surface area contributed by atoms with Gasteiger partial charge in [0, 0.05) is 51.4 Å². The summed E-state index contributed by atoms with van der Waals surface area (Å²) in [6.45, 7) is 2.35. The van der Waals surface area contributed by atoms with E-state index in [1.165, 1.54) is 6.07 Å². The summed E-state index contributed by atoms with van der Waals surface area (Å²) in [4.78, 5) is 20.3. The Morgan fingerprint density at radius 2 is 1.89 bits per heavy atom. The Balaban J connectivity index is 1.28. The molecule has 0 unspecified atom stereocenters. The van der Waals surface area contributed by atoms with Gasteiger partial charge in [-0.2, -0.15) is 0 Å². The first-order valence-electron chi connectivity index (χ1n) is 9.21. The highest BCUT2D eigenvalue weighted by atomic mass is 19.1. The van der Waals surface area contributed by atoms with Gasteiger partial charge in [0.15, 0.2) is 0 Å². The molecule has 7 nitrogen and oxygen atoms in total. The van der Waals surface area contributed by atoms with Crippen LogP contribution in [0.1, 0.15) is 12.3 Å². The van der Waals surface area contributed by atoms with E-state index in [9.17, 15) is 9.18 Å². The SMILES string of the molecule is O=C(CCc1nnc(-c2cccnc2)o1)N1CCN(c2ccccc2F)CC1. The lowest BCUT2D eigenvalue weighted by atomic mass is 10.2. The number of aromatic nitrogens is 3. The molecule has 0 saturated carbocycles. The molecule has 2 aromatic heterocycles. The van der Waals surface area contributed by atoms with Crippen molar-refractivity contribution in [3.05, 3.63) is 60.5 Å². The number of hydrogen-bond donors (Lipinski definition) is 0. The lowest BCUT2D eigenvalue weighted by Crippen LogP contribution is -2.49. The summed E-state index contributed by atoms with van der Waals surface area (Å²) in [6, 6.07) is 10.4. The van der Waals surface area contributed by atoms with Crippen molar-refractivity contribution in [2.24, 2.45) is 0 Å². The Morgan fingerprint density at radius 3 is 2.64 bits per heavy atom. The molecule has 0 bridgehead atoms. The number of halogens is 1. The van der Waals surface area contributed by atoms with Crippen LogP contribution in [0.4, 0.5) is 10.1 Å². The lowest BCUT2D eigenvalue weighted by Gasteiger charge is -2.36. The van der Waals surface area contributed by atoms with E-state index >= 15 is 0 Å². The number of benzene rings is 1. The molecule has 3 aromatic rings. The first kappa shape index (κ1) is 18.1. The van der Waals surface area contributed by atoms with Gasteiger partial charge in [0.05, 0.1) is 11.3 Å². The van der Waals surface area contributed by atoms with E-state index in [1.54, 1.807) is 35.5 Å². The van der Waals surface area contributed by atoms with E-state index < -0.39 is 0 Å². The van der Waals surface area contributed by atoms with Crippen LogP contribution in [0.15, 0.2) is 53.2 Å². The minimum Gasteiger partial charge on any atom is -0.421 e. The van der Waals surface area contributed by atoms with Crippen LogP contribution in [0.2, 0.25) is 0 Å². The number of pyridine rings is 1. The predicted molar refractivity (Wildman–Crippen MR) is 101 cm³/mol. The maximum atomic E-state index is 13.9. The second kappa shape index (κ2) is 8.16. The Kier molecular flexibility index (Phi) is 5.27. The van der Waals surface area contributed by atoms with Crippen molar-refractivity contribution < 1.29 is 13.6 Å². The number of piperazine rings is 1. The van der Waals surface area contributed by atoms with E-state index in [0.717, 1.165) is 5.56 Å². The predicted octanol–water partition coefficient (Wildman–Crippen LogP) is 2.55. The maximum Gasteiger partial charge on any atom is 0.249 e. The minimum absolute atomic E-state index is 0.0364. The van der Waals surface area contributed by atoms with Crippen LogP contribution in [0, 0.1) is 5.82 Å². The molecule has 1 aliphatic rings. The van der Waals surface area contributed by atoms with Crippen LogP contribution in [-0.2, 0) is 11.2 Å². The third kappa shape index (κ3) is 4.00. The molecule has 3 heterocycles. The first-order valence-corrected chi connectivity index (χ1v) is 9.21. The van der Waals surface area contributed by atoms with Gasteiger partial charge in [0.1, 0.15) is 5.82 Å². The third-order valence-electron chi connectivity index (χ3n) is 4.75. The van der Waals surface area contributed by atoms with Crippen LogP contribution in [0.5, 0.6) is 0 Å². The Hall–Kier alpha value is -3.29. The molecule has 0 radical (unpaired) electrons. The number of rotatable bonds is 5. The largest absolute Gasteiger partial charge is 0.421 e. The number of para-hydroxylation sites is 1. The molecule has 1 saturated heterocycles. The van der Waals surface area contributed by atoms with E-state index in [0.29, 0.717) is 56.5 Å². The van der Waals surface area contributed by atoms with Gasteiger partial charge in [-0.1, -0.05) is 12.1 Å². The summed E-state index contributed by atoms with van der Waals surface area (Å²) in [7, 11) is 0. The zero-order valence-corrected chi connectivity index (χ0v) is 15.3. The van der Waals surface area contributed by atoms with Crippen molar-refractivity contribution in [1.82, 2.24) is 20.1 Å². The van der Waals surface area contributed by atoms with Crippen molar-refractivity contribution in [2.45, 2.75) is 12.8 Å². The Bertz CT molecular complexity index is 939. The van der Waals surface area contributed by atoms with E-state index in [4.69, 9.17) is 4.42 Å². The Labute approximate surface area is 161 Å². The fourth-order valence-corrected chi connectivity index (χ4v) is 3.24. The zero-order chi connectivity index (χ0) is 19.3. The number of amides is 1. The van der Waals surface area contributed by atoms with E-state index in [1.807, 2.05) is 17.0 Å². The number of nitrogens with zero attached hydrogens (tertiary/aromatic N) is 5. The van der Waals surface area contributed by atoms with Gasteiger partial charge < -0.3 is 14.2 Å². The molecule has 144 valence electrons. The van der Waals surface area contributed by atoms with Crippen LogP contribution in [-0.4, -0.2) is 52.2 Å². The molecule has 8 heteroatoms. The van der Waals surface area contributed by atoms with Gasteiger partial charge in [-0.25, -0.2) is 4.39 Å². The molecule has 28 heavy (non-hydrogen) atoms. The number of anilines is 1. The molecular weight excluding hydrogens is 361 g/mol. The number of aryl methyl sites for hydroxylation is 1. The van der Waals surface area contributed by atoms with Crippen molar-refractivity contribution in [1.29, 1.82) is 0 Å². The van der Waals surface area contributed by atoms with Gasteiger partial charge in [0.25, 0.3) is 0 Å². The molecule has 4 rings (SSSR count). The summed E-state index contributed by atoms with van der Waals surface area (Å²) in [6.07, 6.45) is 4.01. The van der Waals surface area contributed by atoms with Crippen molar-refractivity contribution in [2.75, 3.05) is 31.1 Å². The molecule has 0 N–H and O–H groups in total. The molecule has 0 aliphatic carbocycles. The van der Waals surface area contributed by atoms with Crippen LogP contribution < -0.4 is 4.90 Å². The maximum absolute atomic E-state index is 13.9. The highest BCUT2D eigenvalue weighted by molar-refractivity contribution is 5.76. The van der Waals surface area contributed by atoms with Gasteiger partial charge >= 0.3 is 0 Å². The molecule has 1 amide bonds. The summed E-state index contributed by atoms with van der Waals surface area (Å²) in [5.74, 6) is 0.628. The highest BCUT2D eigenvalue weighted by Crippen LogP contribution is 2.21. The fourth-order valence-electron chi connectivity index (χ4n) is 3.24. The molecular formula is C20H20FN5O2. The monoisotopic (exact) mass is 381 g/mol. The summed E-state index contributed by atoms with van der Waals surface area (Å²) >= 11 is 0. The average Bonchev–Trinajstić information content (AvgIpc) is 3.22. The quantitative estimate of drug-likeness (QED) is 0.676. The first-order chi connectivity index (χ1) is 13.7. The van der Waals surface area contributed by atoms with Crippen molar-refractivity contribution in [3.8, 4) is 11.5 Å². The summed E-state index contributed by atoms with van der Waals surface area (Å²) < 4.78 is 19.5. The number of carbonyl (C=O) groups is 1. The topological polar surface area (TPSA) is 75.4 Å². The lowest BCUT2D eigenvalue weighted by molar-refractivity contribution is -0.131. The van der Waals surface area contributed by atoms with Crippen LogP contribution >= 0.6 is 0 Å². The second-order valence-corrected chi connectivity index (χ2v) is 6.56. The van der Waals surface area contributed by atoms with Gasteiger partial charge in [0.2, 0.25) is 17.7 Å². The van der Waals surface area contributed by atoms with Gasteiger partial charge in [-0.15, -0.1) is 10.2 Å². The zero-order valence-electron chi connectivity index (χ0n) is 15.3. The van der Waals surface area contributed by atoms with Crippen LogP contribution in [0.25, 0.3) is 11.5 Å². The average molecular weight is 381 g/mol. The molecule has 1 aliphatic heterocycles. The molecule has 1 aromatic carbocycles. The highest BCUT2D eigenvalue weighted by Gasteiger charge is 2.23. The Morgan fingerprint density at radius 1 is 1.07 bits per heavy atom. The third-order valence-corrected chi connectivity index (χ3v) is 4.75. The van der Waals surface area contributed by atoms with E-state index in [2.05, 4.69) is 15.2 Å². The molecule has 0 atom stereocenters.